The number of hydrogen-bond donors (Lipinski definition) is 2. The van der Waals surface area contributed by atoms with Crippen molar-refractivity contribution in [3.63, 3.8) is 0 Å². The van der Waals surface area contributed by atoms with Crippen LogP contribution in [-0.2, 0) is 21.9 Å². The number of hydrogen-bond acceptors (Lipinski definition) is 5. The summed E-state index contributed by atoms with van der Waals surface area (Å²) in [5, 5.41) is 19.2. The number of rotatable bonds is 13. The summed E-state index contributed by atoms with van der Waals surface area (Å²) >= 11 is 0. The van der Waals surface area contributed by atoms with Crippen LogP contribution in [0.15, 0.2) is 11.1 Å². The zero-order chi connectivity index (χ0) is 24.1. The Bertz CT molecular complexity index is 600. The van der Waals surface area contributed by atoms with Crippen LogP contribution in [0.25, 0.3) is 0 Å². The molecule has 30 heavy (non-hydrogen) atoms. The van der Waals surface area contributed by atoms with Crippen molar-refractivity contribution >= 4 is 45.7 Å². The molecule has 176 valence electrons. The molecule has 0 heterocycles. The molecule has 0 aromatic heterocycles. The van der Waals surface area contributed by atoms with E-state index >= 15 is 0 Å². The van der Waals surface area contributed by atoms with E-state index in [4.69, 9.17) is 12.3 Å². The molecule has 0 unspecified atom stereocenters. The number of carbonyl (C=O) groups is 2. The van der Waals surface area contributed by atoms with Crippen molar-refractivity contribution < 1.29 is 32.1 Å². The molecule has 0 aromatic rings. The van der Waals surface area contributed by atoms with Crippen molar-refractivity contribution in [2.75, 3.05) is 0 Å². The largest absolute Gasteiger partial charge is 0.478 e. The van der Waals surface area contributed by atoms with Gasteiger partial charge in [0.2, 0.25) is 0 Å². The van der Waals surface area contributed by atoms with Gasteiger partial charge in [0.1, 0.15) is 0 Å². The zero-order valence-corrected chi connectivity index (χ0v) is 24.6. The molecule has 0 radical (unpaired) electrons. The molecule has 0 saturated carbocycles. The van der Waals surface area contributed by atoms with E-state index in [1.807, 2.05) is 0 Å². The molecule has 0 fully saturated rings. The van der Waals surface area contributed by atoms with Crippen molar-refractivity contribution in [1.29, 1.82) is 0 Å². The minimum Gasteiger partial charge on any atom is -0.478 e. The summed E-state index contributed by atoms with van der Waals surface area (Å²) in [5.41, 5.74) is -0.0903. The van der Waals surface area contributed by atoms with Crippen LogP contribution in [0.5, 0.6) is 0 Å². The Hall–Kier alpha value is -0.572. The minimum atomic E-state index is -3.07. The lowest BCUT2D eigenvalue weighted by Crippen LogP contribution is -2.60. The Morgan fingerprint density at radius 3 is 1.33 bits per heavy atom. The summed E-state index contributed by atoms with van der Waals surface area (Å²) in [7, 11) is -9.12. The van der Waals surface area contributed by atoms with Crippen molar-refractivity contribution in [3.05, 3.63) is 11.1 Å². The molecule has 0 bridgehead atoms. The molecule has 0 amide bonds. The van der Waals surface area contributed by atoms with Gasteiger partial charge in [-0.15, -0.1) is 0 Å². The van der Waals surface area contributed by atoms with Gasteiger partial charge >= 0.3 is 20.7 Å². The molecule has 0 aromatic carbocycles. The van der Waals surface area contributed by atoms with Crippen LogP contribution in [0, 0.1) is 5.92 Å². The Morgan fingerprint density at radius 1 is 0.733 bits per heavy atom. The van der Waals surface area contributed by atoms with Crippen LogP contribution in [0.1, 0.15) is 26.7 Å². The van der Waals surface area contributed by atoms with Crippen LogP contribution in [0.2, 0.25) is 65.0 Å². The Kier molecular flexibility index (Phi) is 10.6. The molecule has 7 nitrogen and oxygen atoms in total. The van der Waals surface area contributed by atoms with E-state index in [1.54, 1.807) is 13.8 Å². The maximum absolute atomic E-state index is 11.8. The second-order valence-corrected chi connectivity index (χ2v) is 27.8. The Balaban J connectivity index is 6.02. The van der Waals surface area contributed by atoms with Gasteiger partial charge in [-0.05, 0) is 77.7 Å². The summed E-state index contributed by atoms with van der Waals surface area (Å²) in [4.78, 5) is 23.4. The Labute approximate surface area is 186 Å². The Morgan fingerprint density at radius 2 is 1.10 bits per heavy atom. The van der Waals surface area contributed by atoms with Gasteiger partial charge in [0.25, 0.3) is 0 Å². The van der Waals surface area contributed by atoms with E-state index in [1.165, 1.54) is 0 Å². The van der Waals surface area contributed by atoms with Crippen LogP contribution < -0.4 is 0 Å². The van der Waals surface area contributed by atoms with Gasteiger partial charge < -0.3 is 22.6 Å². The van der Waals surface area contributed by atoms with Gasteiger partial charge in [-0.25, -0.2) is 9.59 Å². The fourth-order valence-corrected chi connectivity index (χ4v) is 17.8. The molecule has 0 aliphatic carbocycles. The van der Waals surface area contributed by atoms with Gasteiger partial charge in [-0.1, -0.05) is 13.8 Å². The molecule has 0 rings (SSSR count). The van der Waals surface area contributed by atoms with Gasteiger partial charge in [-0.2, -0.15) is 0 Å². The highest BCUT2D eigenvalue weighted by Crippen LogP contribution is 2.31. The standard InChI is InChI=1S/C19H42O7Si4/c1-15(2)17(19(22)23)16(18(20)21)13-12-14-30(24-27(3,4)5,25-28(6,7)8)26-29(9,10)11/h15H,12-14H2,1-11H3,(H,20,21)(H,22,23). The highest BCUT2D eigenvalue weighted by molar-refractivity contribution is 6.90. The predicted octanol–water partition coefficient (Wildman–Crippen LogP) is 5.38. The van der Waals surface area contributed by atoms with E-state index in [-0.39, 0.29) is 23.5 Å². The predicted molar refractivity (Wildman–Crippen MR) is 130 cm³/mol. The SMILES string of the molecule is CC(C)C(C(=O)O)=C(CCC[Si](O[Si](C)(C)C)(O[Si](C)(C)C)O[Si](C)(C)C)C(=O)O. The first-order chi connectivity index (χ1) is 13.2. The first-order valence-electron chi connectivity index (χ1n) is 10.5. The molecule has 0 saturated heterocycles. The molecular formula is C19H42O7Si4. The van der Waals surface area contributed by atoms with E-state index in [0.717, 1.165) is 0 Å². The van der Waals surface area contributed by atoms with Gasteiger partial charge in [0, 0.05) is 17.2 Å². The second-order valence-electron chi connectivity index (χ2n) is 10.8. The van der Waals surface area contributed by atoms with E-state index in [9.17, 15) is 19.8 Å². The molecule has 0 spiro atoms. The third kappa shape index (κ3) is 11.7. The fraction of sp³-hybridized carbons (Fsp3) is 0.789. The molecule has 0 atom stereocenters. The highest BCUT2D eigenvalue weighted by atomic mass is 28.5. The lowest BCUT2D eigenvalue weighted by Gasteiger charge is -2.43. The average molecular weight is 495 g/mol. The van der Waals surface area contributed by atoms with Gasteiger partial charge in [-0.3, -0.25) is 0 Å². The van der Waals surface area contributed by atoms with Gasteiger partial charge in [0.05, 0.1) is 0 Å². The monoisotopic (exact) mass is 494 g/mol. The second kappa shape index (κ2) is 10.8. The molecule has 0 aliphatic rings. The van der Waals surface area contributed by atoms with Crippen molar-refractivity contribution in [2.45, 2.75) is 91.7 Å². The average Bonchev–Trinajstić information content (AvgIpc) is 2.38. The normalized spacial score (nSPS) is 14.7. The maximum Gasteiger partial charge on any atom is 0.469 e. The van der Waals surface area contributed by atoms with Crippen LogP contribution >= 0.6 is 0 Å². The number of carboxylic acid groups (broad SMARTS) is 2. The lowest BCUT2D eigenvalue weighted by atomic mass is 9.94. The smallest absolute Gasteiger partial charge is 0.469 e. The highest BCUT2D eigenvalue weighted by Gasteiger charge is 2.49. The summed E-state index contributed by atoms with van der Waals surface area (Å²) in [5.74, 6) is -2.75. The van der Waals surface area contributed by atoms with Crippen LogP contribution in [0.3, 0.4) is 0 Å². The summed E-state index contributed by atoms with van der Waals surface area (Å²) in [6, 6.07) is 0.480. The van der Waals surface area contributed by atoms with E-state index in [0.29, 0.717) is 12.5 Å². The summed E-state index contributed by atoms with van der Waals surface area (Å²) in [6.45, 7) is 22.3. The summed E-state index contributed by atoms with van der Waals surface area (Å²) in [6.07, 6.45) is 0.583. The minimum absolute atomic E-state index is 0.0434. The molecule has 0 aliphatic heterocycles. The van der Waals surface area contributed by atoms with Crippen molar-refractivity contribution in [2.24, 2.45) is 5.92 Å². The van der Waals surface area contributed by atoms with Gasteiger partial charge in [0.15, 0.2) is 25.0 Å². The molecule has 2 N–H and O–H groups in total. The first-order valence-corrected chi connectivity index (χ1v) is 22.6. The van der Waals surface area contributed by atoms with E-state index in [2.05, 4.69) is 58.9 Å². The fourth-order valence-electron chi connectivity index (χ4n) is 3.18. The number of carboxylic acids is 2. The maximum atomic E-state index is 11.8. The van der Waals surface area contributed by atoms with Crippen LogP contribution in [0.4, 0.5) is 0 Å². The summed E-state index contributed by atoms with van der Waals surface area (Å²) < 4.78 is 19.8. The van der Waals surface area contributed by atoms with Crippen LogP contribution in [-0.4, -0.2) is 55.9 Å². The number of aliphatic carboxylic acids is 2. The van der Waals surface area contributed by atoms with E-state index < -0.39 is 45.7 Å². The van der Waals surface area contributed by atoms with Crippen molar-refractivity contribution in [3.8, 4) is 0 Å². The third-order valence-corrected chi connectivity index (χ3v) is 15.7. The topological polar surface area (TPSA) is 102 Å². The molecular weight excluding hydrogens is 453 g/mol. The van der Waals surface area contributed by atoms with Crippen molar-refractivity contribution in [1.82, 2.24) is 0 Å². The third-order valence-electron chi connectivity index (χ3n) is 3.69. The first kappa shape index (κ1) is 29.4. The lowest BCUT2D eigenvalue weighted by molar-refractivity contribution is -0.136. The quantitative estimate of drug-likeness (QED) is 0.262. The zero-order valence-electron chi connectivity index (χ0n) is 20.6. The molecule has 11 heteroatoms.